The van der Waals surface area contributed by atoms with Gasteiger partial charge >= 0.3 is 0 Å². The van der Waals surface area contributed by atoms with E-state index in [0.717, 1.165) is 33.4 Å². The second-order valence-electron chi connectivity index (χ2n) is 7.72. The topological polar surface area (TPSA) is 78.1 Å². The van der Waals surface area contributed by atoms with Gasteiger partial charge in [0.2, 0.25) is 0 Å². The van der Waals surface area contributed by atoms with Crippen molar-refractivity contribution >= 4 is 17.1 Å². The standard InChI is InChI=1S/C24H29N3/c1-12-7-16(5)18(9-14(12)3)22-20(25)11-21(26)23(24(22)27)19-10-15(4)13(2)8-17(19)6/h7-11H,25-27H2,1-6H3. The molecule has 27 heavy (non-hydrogen) atoms. The lowest BCUT2D eigenvalue weighted by atomic mass is 9.87. The Balaban J connectivity index is 2.37. The van der Waals surface area contributed by atoms with Gasteiger partial charge in [0.15, 0.2) is 0 Å². The fraction of sp³-hybridized carbons (Fsp3) is 0.250. The molecule has 0 aliphatic rings. The minimum atomic E-state index is 0.613. The van der Waals surface area contributed by atoms with Crippen molar-refractivity contribution in [1.82, 2.24) is 0 Å². The summed E-state index contributed by atoms with van der Waals surface area (Å²) in [7, 11) is 0. The van der Waals surface area contributed by atoms with Crippen molar-refractivity contribution in [2.24, 2.45) is 0 Å². The van der Waals surface area contributed by atoms with E-state index in [4.69, 9.17) is 17.2 Å². The molecule has 0 bridgehead atoms. The predicted molar refractivity (Wildman–Crippen MR) is 119 cm³/mol. The maximum atomic E-state index is 6.70. The fourth-order valence-corrected chi connectivity index (χ4v) is 3.81. The quantitative estimate of drug-likeness (QED) is 0.520. The minimum Gasteiger partial charge on any atom is -0.398 e. The molecular formula is C24H29N3. The molecule has 0 atom stereocenters. The molecule has 0 saturated heterocycles. The van der Waals surface area contributed by atoms with Crippen molar-refractivity contribution in [2.45, 2.75) is 41.5 Å². The molecule has 3 nitrogen and oxygen atoms in total. The van der Waals surface area contributed by atoms with Crippen LogP contribution in [0.25, 0.3) is 22.3 Å². The van der Waals surface area contributed by atoms with Crippen LogP contribution in [-0.2, 0) is 0 Å². The summed E-state index contributed by atoms with van der Waals surface area (Å²) in [6, 6.07) is 10.5. The van der Waals surface area contributed by atoms with Crippen LogP contribution in [0.1, 0.15) is 33.4 Å². The highest BCUT2D eigenvalue weighted by Gasteiger charge is 2.19. The molecule has 0 aliphatic heterocycles. The number of nitrogens with two attached hydrogens (primary N) is 3. The Morgan fingerprint density at radius 2 is 0.778 bits per heavy atom. The van der Waals surface area contributed by atoms with Gasteiger partial charge in [-0.05, 0) is 92.1 Å². The summed E-state index contributed by atoms with van der Waals surface area (Å²) in [5, 5.41) is 0. The summed E-state index contributed by atoms with van der Waals surface area (Å²) in [6.45, 7) is 12.6. The SMILES string of the molecule is Cc1cc(C)c(-c2c(N)cc(N)c(-c3cc(C)c(C)cc3C)c2N)cc1C. The molecule has 0 aliphatic carbocycles. The van der Waals surface area contributed by atoms with Gasteiger partial charge in [0.1, 0.15) is 0 Å². The van der Waals surface area contributed by atoms with Crippen molar-refractivity contribution in [2.75, 3.05) is 17.2 Å². The average Bonchev–Trinajstić information content (AvgIpc) is 2.56. The normalized spacial score (nSPS) is 11.0. The maximum absolute atomic E-state index is 6.70. The highest BCUT2D eigenvalue weighted by atomic mass is 14.7. The Labute approximate surface area is 162 Å². The summed E-state index contributed by atoms with van der Waals surface area (Å²) in [5.74, 6) is 0. The molecule has 0 spiro atoms. The van der Waals surface area contributed by atoms with Crippen LogP contribution in [0.2, 0.25) is 0 Å². The first kappa shape index (κ1) is 18.8. The Morgan fingerprint density at radius 1 is 0.444 bits per heavy atom. The van der Waals surface area contributed by atoms with Gasteiger partial charge in [-0.3, -0.25) is 0 Å². The second kappa shape index (κ2) is 6.66. The molecule has 0 unspecified atom stereocenters. The van der Waals surface area contributed by atoms with E-state index in [9.17, 15) is 0 Å². The first-order valence-corrected chi connectivity index (χ1v) is 9.25. The van der Waals surface area contributed by atoms with Gasteiger partial charge in [0.25, 0.3) is 0 Å². The van der Waals surface area contributed by atoms with Gasteiger partial charge in [0, 0.05) is 22.5 Å². The summed E-state index contributed by atoms with van der Waals surface area (Å²) in [5.41, 5.74) is 32.5. The number of rotatable bonds is 2. The van der Waals surface area contributed by atoms with Crippen molar-refractivity contribution in [1.29, 1.82) is 0 Å². The monoisotopic (exact) mass is 359 g/mol. The van der Waals surface area contributed by atoms with Gasteiger partial charge in [-0.25, -0.2) is 0 Å². The smallest absolute Gasteiger partial charge is 0.0515 e. The van der Waals surface area contributed by atoms with Crippen molar-refractivity contribution in [3.8, 4) is 22.3 Å². The van der Waals surface area contributed by atoms with E-state index in [1.807, 2.05) is 6.07 Å². The zero-order valence-electron chi connectivity index (χ0n) is 17.1. The highest BCUT2D eigenvalue weighted by molar-refractivity contribution is 6.02. The Morgan fingerprint density at radius 3 is 1.15 bits per heavy atom. The van der Waals surface area contributed by atoms with E-state index in [1.54, 1.807) is 0 Å². The number of hydrogen-bond donors (Lipinski definition) is 3. The molecule has 3 heteroatoms. The molecule has 3 rings (SSSR count). The lowest BCUT2D eigenvalue weighted by molar-refractivity contribution is 1.29. The van der Waals surface area contributed by atoms with E-state index in [-0.39, 0.29) is 0 Å². The highest BCUT2D eigenvalue weighted by Crippen LogP contribution is 2.45. The zero-order valence-corrected chi connectivity index (χ0v) is 17.1. The van der Waals surface area contributed by atoms with E-state index in [2.05, 4.69) is 65.8 Å². The average molecular weight is 360 g/mol. The van der Waals surface area contributed by atoms with E-state index in [0.29, 0.717) is 17.1 Å². The summed E-state index contributed by atoms with van der Waals surface area (Å²) < 4.78 is 0. The Kier molecular flexibility index (Phi) is 4.64. The van der Waals surface area contributed by atoms with Crippen LogP contribution < -0.4 is 17.2 Å². The summed E-state index contributed by atoms with van der Waals surface area (Å²) in [4.78, 5) is 0. The van der Waals surface area contributed by atoms with Gasteiger partial charge in [0.05, 0.1) is 5.69 Å². The molecular weight excluding hydrogens is 330 g/mol. The molecule has 140 valence electrons. The number of aryl methyl sites for hydroxylation is 6. The second-order valence-corrected chi connectivity index (χ2v) is 7.72. The number of hydrogen-bond acceptors (Lipinski definition) is 3. The minimum absolute atomic E-state index is 0.613. The Hall–Kier alpha value is -2.94. The first-order valence-electron chi connectivity index (χ1n) is 9.25. The number of nitrogen functional groups attached to an aromatic ring is 3. The lowest BCUT2D eigenvalue weighted by Crippen LogP contribution is -2.05. The zero-order chi connectivity index (χ0) is 20.0. The van der Waals surface area contributed by atoms with Crippen LogP contribution in [0.15, 0.2) is 30.3 Å². The molecule has 0 amide bonds. The third-order valence-corrected chi connectivity index (χ3v) is 5.65. The van der Waals surface area contributed by atoms with Crippen molar-refractivity contribution < 1.29 is 0 Å². The van der Waals surface area contributed by atoms with Crippen LogP contribution in [0, 0.1) is 41.5 Å². The molecule has 0 heterocycles. The fourth-order valence-electron chi connectivity index (χ4n) is 3.81. The lowest BCUT2D eigenvalue weighted by Gasteiger charge is -2.21. The maximum Gasteiger partial charge on any atom is 0.0515 e. The predicted octanol–water partition coefficient (Wildman–Crippen LogP) is 5.62. The molecule has 3 aromatic carbocycles. The van der Waals surface area contributed by atoms with Crippen LogP contribution in [0.5, 0.6) is 0 Å². The van der Waals surface area contributed by atoms with E-state index >= 15 is 0 Å². The molecule has 0 fully saturated rings. The van der Waals surface area contributed by atoms with Gasteiger partial charge in [-0.15, -0.1) is 0 Å². The van der Waals surface area contributed by atoms with Crippen LogP contribution in [0.3, 0.4) is 0 Å². The van der Waals surface area contributed by atoms with Crippen LogP contribution >= 0.6 is 0 Å². The number of benzene rings is 3. The summed E-state index contributed by atoms with van der Waals surface area (Å²) >= 11 is 0. The van der Waals surface area contributed by atoms with Gasteiger partial charge in [-0.1, -0.05) is 24.3 Å². The molecule has 0 aromatic heterocycles. The Bertz CT molecular complexity index is 980. The number of anilines is 3. The van der Waals surface area contributed by atoms with E-state index in [1.165, 1.54) is 22.3 Å². The van der Waals surface area contributed by atoms with Gasteiger partial charge in [-0.2, -0.15) is 0 Å². The van der Waals surface area contributed by atoms with Gasteiger partial charge < -0.3 is 17.2 Å². The van der Waals surface area contributed by atoms with Crippen LogP contribution in [0.4, 0.5) is 17.1 Å². The van der Waals surface area contributed by atoms with E-state index < -0.39 is 0 Å². The molecule has 0 radical (unpaired) electrons. The third-order valence-electron chi connectivity index (χ3n) is 5.65. The molecule has 0 saturated carbocycles. The molecule has 3 aromatic rings. The van der Waals surface area contributed by atoms with Crippen molar-refractivity contribution in [3.05, 3.63) is 63.7 Å². The summed E-state index contributed by atoms with van der Waals surface area (Å²) in [6.07, 6.45) is 0. The molecule has 6 N–H and O–H groups in total. The largest absolute Gasteiger partial charge is 0.398 e. The third kappa shape index (κ3) is 3.14. The first-order chi connectivity index (χ1) is 12.6. The van der Waals surface area contributed by atoms with Crippen LogP contribution in [-0.4, -0.2) is 0 Å². The van der Waals surface area contributed by atoms with Crippen molar-refractivity contribution in [3.63, 3.8) is 0 Å².